The highest BCUT2D eigenvalue weighted by molar-refractivity contribution is 5.76. The number of aliphatic hydroxyl groups is 1. The molecule has 26 heavy (non-hydrogen) atoms. The van der Waals surface area contributed by atoms with E-state index >= 15 is 0 Å². The van der Waals surface area contributed by atoms with E-state index in [-0.39, 0.29) is 17.4 Å². The first-order valence-corrected chi connectivity index (χ1v) is 9.90. The number of aryl methyl sites for hydroxylation is 1. The van der Waals surface area contributed by atoms with Crippen LogP contribution in [0.25, 0.3) is 0 Å². The number of amides is 1. The van der Waals surface area contributed by atoms with Crippen LogP contribution in [0.2, 0.25) is 0 Å². The van der Waals surface area contributed by atoms with Crippen molar-refractivity contribution in [2.45, 2.75) is 44.6 Å². The van der Waals surface area contributed by atoms with E-state index in [4.69, 9.17) is 4.74 Å². The van der Waals surface area contributed by atoms with Crippen molar-refractivity contribution in [2.24, 2.45) is 5.41 Å². The maximum absolute atomic E-state index is 12.6. The third kappa shape index (κ3) is 3.58. The van der Waals surface area contributed by atoms with E-state index in [1.807, 2.05) is 17.2 Å². The number of piperidine rings is 1. The number of aliphatic hydroxyl groups excluding tert-OH is 1. The van der Waals surface area contributed by atoms with E-state index in [9.17, 15) is 9.90 Å². The second-order valence-corrected chi connectivity index (χ2v) is 7.92. The average molecular weight is 359 g/mol. The quantitative estimate of drug-likeness (QED) is 0.885. The maximum Gasteiger partial charge on any atom is 0.222 e. The van der Waals surface area contributed by atoms with E-state index in [0.717, 1.165) is 82.9 Å². The van der Waals surface area contributed by atoms with E-state index in [2.05, 4.69) is 16.0 Å². The molecule has 0 radical (unpaired) electrons. The maximum atomic E-state index is 12.6. The molecule has 1 aromatic heterocycles. The van der Waals surface area contributed by atoms with Crippen LogP contribution in [0, 0.1) is 5.41 Å². The summed E-state index contributed by atoms with van der Waals surface area (Å²) in [6, 6.07) is 4.11. The lowest BCUT2D eigenvalue weighted by molar-refractivity contribution is -0.141. The van der Waals surface area contributed by atoms with Gasteiger partial charge in [-0.1, -0.05) is 0 Å². The Morgan fingerprint density at radius 2 is 2.00 bits per heavy atom. The van der Waals surface area contributed by atoms with E-state index in [1.54, 1.807) is 0 Å². The van der Waals surface area contributed by atoms with Crippen molar-refractivity contribution in [3.8, 4) is 0 Å². The van der Waals surface area contributed by atoms with Gasteiger partial charge in [-0.25, -0.2) is 4.98 Å². The van der Waals surface area contributed by atoms with Crippen molar-refractivity contribution in [1.29, 1.82) is 0 Å². The lowest BCUT2D eigenvalue weighted by atomic mass is 9.61. The fraction of sp³-hybridized carbons (Fsp3) is 0.700. The Hall–Kier alpha value is -1.66. The molecule has 6 nitrogen and oxygen atoms in total. The first-order chi connectivity index (χ1) is 12.7. The Balaban J connectivity index is 1.28. The number of hydrogen-bond acceptors (Lipinski definition) is 5. The van der Waals surface area contributed by atoms with Crippen LogP contribution in [0.4, 0.5) is 5.82 Å². The van der Waals surface area contributed by atoms with Crippen LogP contribution in [0.1, 0.15) is 37.7 Å². The molecular formula is C20H29N3O3. The lowest BCUT2D eigenvalue weighted by Crippen LogP contribution is -2.53. The topological polar surface area (TPSA) is 65.9 Å². The summed E-state index contributed by atoms with van der Waals surface area (Å²) >= 11 is 0. The molecule has 1 atom stereocenters. The molecule has 4 rings (SSSR count). The highest BCUT2D eigenvalue weighted by Crippen LogP contribution is 2.49. The highest BCUT2D eigenvalue weighted by Gasteiger charge is 2.47. The summed E-state index contributed by atoms with van der Waals surface area (Å²) < 4.78 is 5.40. The Bertz CT molecular complexity index is 637. The van der Waals surface area contributed by atoms with Gasteiger partial charge in [-0.3, -0.25) is 4.79 Å². The fourth-order valence-electron chi connectivity index (χ4n) is 4.46. The van der Waals surface area contributed by atoms with Crippen molar-refractivity contribution in [2.75, 3.05) is 44.3 Å². The Morgan fingerprint density at radius 3 is 2.65 bits per heavy atom. The van der Waals surface area contributed by atoms with Crippen molar-refractivity contribution in [1.82, 2.24) is 9.88 Å². The van der Waals surface area contributed by atoms with Crippen molar-refractivity contribution >= 4 is 11.7 Å². The van der Waals surface area contributed by atoms with Gasteiger partial charge >= 0.3 is 0 Å². The van der Waals surface area contributed by atoms with Crippen LogP contribution >= 0.6 is 0 Å². The SMILES string of the molecule is O=C(CCc1ccnc(N2CCOCC2)c1)N1CCC2(CCC2O)CC1. The molecule has 2 aliphatic heterocycles. The van der Waals surface area contributed by atoms with Gasteiger partial charge in [0, 0.05) is 38.8 Å². The molecule has 1 N–H and O–H groups in total. The summed E-state index contributed by atoms with van der Waals surface area (Å²) in [6.45, 7) is 4.83. The number of morpholine rings is 1. The molecule has 3 fully saturated rings. The van der Waals surface area contributed by atoms with E-state index in [1.165, 1.54) is 0 Å². The molecule has 3 aliphatic rings. The molecule has 2 saturated heterocycles. The van der Waals surface area contributed by atoms with Crippen LogP contribution in [-0.4, -0.2) is 66.4 Å². The molecule has 1 unspecified atom stereocenters. The molecule has 1 saturated carbocycles. The van der Waals surface area contributed by atoms with Gasteiger partial charge < -0.3 is 19.6 Å². The summed E-state index contributed by atoms with van der Waals surface area (Å²) in [5, 5.41) is 10.0. The number of aromatic nitrogens is 1. The summed E-state index contributed by atoms with van der Waals surface area (Å²) in [5.74, 6) is 1.22. The minimum absolute atomic E-state index is 0.120. The zero-order valence-corrected chi connectivity index (χ0v) is 15.4. The summed E-state index contributed by atoms with van der Waals surface area (Å²) in [4.78, 5) is 21.3. The molecule has 3 heterocycles. The van der Waals surface area contributed by atoms with Crippen molar-refractivity contribution < 1.29 is 14.6 Å². The van der Waals surface area contributed by atoms with Crippen LogP contribution in [0.5, 0.6) is 0 Å². The van der Waals surface area contributed by atoms with Gasteiger partial charge in [0.15, 0.2) is 0 Å². The number of carbonyl (C=O) groups excluding carboxylic acids is 1. The predicted octanol–water partition coefficient (Wildman–Crippen LogP) is 1.61. The molecule has 0 bridgehead atoms. The van der Waals surface area contributed by atoms with Gasteiger partial charge in [0.1, 0.15) is 5.82 Å². The van der Waals surface area contributed by atoms with Crippen molar-refractivity contribution in [3.05, 3.63) is 23.9 Å². The van der Waals surface area contributed by atoms with Gasteiger partial charge in [-0.2, -0.15) is 0 Å². The highest BCUT2D eigenvalue weighted by atomic mass is 16.5. The van der Waals surface area contributed by atoms with Crippen molar-refractivity contribution in [3.63, 3.8) is 0 Å². The summed E-state index contributed by atoms with van der Waals surface area (Å²) in [7, 11) is 0. The zero-order chi connectivity index (χ0) is 18.0. The van der Waals surface area contributed by atoms with Crippen LogP contribution < -0.4 is 4.90 Å². The number of pyridine rings is 1. The Labute approximate surface area is 155 Å². The number of anilines is 1. The minimum Gasteiger partial charge on any atom is -0.393 e. The van der Waals surface area contributed by atoms with Crippen LogP contribution in [-0.2, 0) is 16.0 Å². The van der Waals surface area contributed by atoms with E-state index < -0.39 is 0 Å². The average Bonchev–Trinajstić information content (AvgIpc) is 2.72. The molecule has 0 aromatic carbocycles. The predicted molar refractivity (Wildman–Crippen MR) is 99.1 cm³/mol. The second-order valence-electron chi connectivity index (χ2n) is 7.92. The van der Waals surface area contributed by atoms with Crippen LogP contribution in [0.15, 0.2) is 18.3 Å². The largest absolute Gasteiger partial charge is 0.393 e. The monoisotopic (exact) mass is 359 g/mol. The molecule has 1 aromatic rings. The van der Waals surface area contributed by atoms with Gasteiger partial charge in [-0.15, -0.1) is 0 Å². The number of nitrogens with zero attached hydrogens (tertiary/aromatic N) is 3. The summed E-state index contributed by atoms with van der Waals surface area (Å²) in [6.07, 6.45) is 6.96. The standard InChI is InChI=1S/C20H29N3O3/c24-17-3-5-20(17)6-9-23(10-7-20)19(25)2-1-16-4-8-21-18(15-16)22-11-13-26-14-12-22/h4,8,15,17,24H,1-3,5-7,9-14H2. The third-order valence-corrected chi connectivity index (χ3v) is 6.51. The molecule has 6 heteroatoms. The van der Waals surface area contributed by atoms with Gasteiger partial charge in [-0.05, 0) is 55.2 Å². The first kappa shape index (κ1) is 17.7. The number of hydrogen-bond donors (Lipinski definition) is 1. The molecule has 1 amide bonds. The molecule has 1 spiro atoms. The Morgan fingerprint density at radius 1 is 1.23 bits per heavy atom. The first-order valence-electron chi connectivity index (χ1n) is 9.90. The fourth-order valence-corrected chi connectivity index (χ4v) is 4.46. The van der Waals surface area contributed by atoms with Gasteiger partial charge in [0.05, 0.1) is 19.3 Å². The minimum atomic E-state index is -0.143. The second kappa shape index (κ2) is 7.53. The molecule has 1 aliphatic carbocycles. The zero-order valence-electron chi connectivity index (χ0n) is 15.4. The lowest BCUT2D eigenvalue weighted by Gasteiger charge is -2.51. The van der Waals surface area contributed by atoms with Gasteiger partial charge in [0.2, 0.25) is 5.91 Å². The van der Waals surface area contributed by atoms with Crippen LogP contribution in [0.3, 0.4) is 0 Å². The third-order valence-electron chi connectivity index (χ3n) is 6.51. The smallest absolute Gasteiger partial charge is 0.222 e. The normalized spacial score (nSPS) is 25.2. The number of ether oxygens (including phenoxy) is 1. The van der Waals surface area contributed by atoms with E-state index in [0.29, 0.717) is 6.42 Å². The van der Waals surface area contributed by atoms with Gasteiger partial charge in [0.25, 0.3) is 0 Å². The molecule has 142 valence electrons. The number of rotatable bonds is 4. The number of likely N-dealkylation sites (tertiary alicyclic amines) is 1. The number of carbonyl (C=O) groups is 1. The molecular weight excluding hydrogens is 330 g/mol. The Kier molecular flexibility index (Phi) is 5.14. The summed E-state index contributed by atoms with van der Waals surface area (Å²) in [5.41, 5.74) is 1.28.